The molecule has 3 saturated heterocycles. The molecule has 3 fully saturated rings. The Morgan fingerprint density at radius 3 is 2.88 bits per heavy atom. The molecule has 2 N–H and O–H groups in total. The van der Waals surface area contributed by atoms with Crippen LogP contribution in [-0.2, 0) is 4.79 Å². The van der Waals surface area contributed by atoms with Gasteiger partial charge in [0.1, 0.15) is 41.3 Å². The third kappa shape index (κ3) is 5.09. The maximum absolute atomic E-state index is 14.9. The summed E-state index contributed by atoms with van der Waals surface area (Å²) in [5.41, 5.74) is 6.58. The van der Waals surface area contributed by atoms with Gasteiger partial charge in [0.2, 0.25) is 11.8 Å². The number of thiophene rings is 1. The van der Waals surface area contributed by atoms with Gasteiger partial charge in [-0.1, -0.05) is 24.2 Å². The lowest BCUT2D eigenvalue weighted by atomic mass is 9.94. The first-order valence-corrected chi connectivity index (χ1v) is 16.8. The fourth-order valence-corrected chi connectivity index (χ4v) is 8.78. The SMILES string of the molecule is C=CC(=O)N1CCC(Oc2nc(OCC34CCCN3CC(F)C4)nc3c(Cl)c(-c4ccc(F)c5sc(N)c(C#N)c45)c(C#N)cc23)C1C. The number of carbonyl (C=O) groups is 1. The summed E-state index contributed by atoms with van der Waals surface area (Å²) in [5, 5.41) is 21.0. The highest BCUT2D eigenvalue weighted by molar-refractivity contribution is 7.23. The maximum atomic E-state index is 14.9. The monoisotopic (exact) mass is 689 g/mol. The third-order valence-corrected chi connectivity index (χ3v) is 11.2. The van der Waals surface area contributed by atoms with Crippen molar-refractivity contribution in [2.24, 2.45) is 0 Å². The van der Waals surface area contributed by atoms with Gasteiger partial charge < -0.3 is 20.1 Å². The number of alkyl halides is 1. The summed E-state index contributed by atoms with van der Waals surface area (Å²) < 4.78 is 42.3. The zero-order valence-corrected chi connectivity index (χ0v) is 27.5. The third-order valence-electron chi connectivity index (χ3n) is 9.83. The van der Waals surface area contributed by atoms with Crippen LogP contribution in [0.2, 0.25) is 5.02 Å². The van der Waals surface area contributed by atoms with Gasteiger partial charge in [0.05, 0.1) is 43.9 Å². The minimum atomic E-state index is -0.950. The van der Waals surface area contributed by atoms with Crippen LogP contribution in [0.1, 0.15) is 43.7 Å². The van der Waals surface area contributed by atoms with Crippen molar-refractivity contribution in [3.63, 3.8) is 0 Å². The van der Waals surface area contributed by atoms with E-state index < -0.39 is 23.6 Å². The van der Waals surface area contributed by atoms with Crippen LogP contribution < -0.4 is 15.2 Å². The molecular formula is C34H30ClF2N7O3S. The molecule has 4 unspecified atom stereocenters. The number of fused-ring (bicyclic) bond motifs is 3. The Labute approximate surface area is 283 Å². The molecule has 14 heteroatoms. The van der Waals surface area contributed by atoms with E-state index in [9.17, 15) is 24.1 Å². The lowest BCUT2D eigenvalue weighted by Crippen LogP contribution is -2.43. The molecule has 1 amide bonds. The number of nitrogens with two attached hydrogens (primary N) is 1. The largest absolute Gasteiger partial charge is 0.471 e. The Balaban J connectivity index is 1.38. The molecule has 0 spiro atoms. The standard InChI is InChI=1S/C34H30ClF2N7O3S/c1-3-25(45)44-10-7-24(17(44)2)47-32-21-11-18(13-38)26(20-5-6-23(37)30-27(20)22(14-39)31(40)48-30)28(35)29(21)41-33(42-32)46-16-34-8-4-9-43(34)15-19(36)12-34/h3,5-6,11,17,19,24H,1,4,7-10,12,15-16,40H2,2H3. The summed E-state index contributed by atoms with van der Waals surface area (Å²) in [4.78, 5) is 25.5. The molecular weight excluding hydrogens is 660 g/mol. The molecule has 0 saturated carbocycles. The number of likely N-dealkylation sites (tertiary alicyclic amines) is 1. The van der Waals surface area contributed by atoms with Crippen LogP contribution in [0.4, 0.5) is 13.8 Å². The topological polar surface area (TPSA) is 141 Å². The second-order valence-corrected chi connectivity index (χ2v) is 13.9. The summed E-state index contributed by atoms with van der Waals surface area (Å²) in [6.07, 6.45) is 2.41. The average Bonchev–Trinajstić information content (AvgIpc) is 3.81. The van der Waals surface area contributed by atoms with Crippen molar-refractivity contribution in [2.75, 3.05) is 32.0 Å². The molecule has 4 atom stereocenters. The molecule has 246 valence electrons. The van der Waals surface area contributed by atoms with Gasteiger partial charge in [-0.3, -0.25) is 9.69 Å². The highest BCUT2D eigenvalue weighted by Gasteiger charge is 2.49. The second-order valence-electron chi connectivity index (χ2n) is 12.5. The molecule has 4 aromatic rings. The van der Waals surface area contributed by atoms with Crippen molar-refractivity contribution < 1.29 is 23.0 Å². The van der Waals surface area contributed by atoms with Gasteiger partial charge in [-0.2, -0.15) is 20.5 Å². The Morgan fingerprint density at radius 2 is 2.12 bits per heavy atom. The number of nitrogens with zero attached hydrogens (tertiary/aromatic N) is 6. The van der Waals surface area contributed by atoms with E-state index in [4.69, 9.17) is 26.8 Å². The van der Waals surface area contributed by atoms with Gasteiger partial charge in [0.25, 0.3) is 0 Å². The second kappa shape index (κ2) is 12.2. The molecule has 7 rings (SSSR count). The number of hydrogen-bond donors (Lipinski definition) is 1. The predicted molar refractivity (Wildman–Crippen MR) is 178 cm³/mol. The fraction of sp³-hybridized carbons (Fsp3) is 0.382. The van der Waals surface area contributed by atoms with Crippen molar-refractivity contribution in [3.05, 3.63) is 52.8 Å². The molecule has 10 nitrogen and oxygen atoms in total. The number of anilines is 1. The van der Waals surface area contributed by atoms with E-state index in [0.29, 0.717) is 36.9 Å². The molecule has 3 aliphatic heterocycles. The minimum absolute atomic E-state index is 0.0380. The number of carbonyl (C=O) groups excluding carboxylic acids is 1. The molecule has 3 aliphatic rings. The first kappa shape index (κ1) is 32.0. The molecule has 0 bridgehead atoms. The van der Waals surface area contributed by atoms with E-state index in [0.717, 1.165) is 30.7 Å². The summed E-state index contributed by atoms with van der Waals surface area (Å²) in [6, 6.07) is 8.11. The number of hydrogen-bond acceptors (Lipinski definition) is 10. The molecule has 2 aromatic carbocycles. The zero-order chi connectivity index (χ0) is 33.9. The van der Waals surface area contributed by atoms with E-state index in [1.807, 2.05) is 6.92 Å². The number of halogens is 3. The van der Waals surface area contributed by atoms with E-state index in [1.54, 1.807) is 11.0 Å². The van der Waals surface area contributed by atoms with Gasteiger partial charge in [0.15, 0.2) is 0 Å². The zero-order valence-electron chi connectivity index (χ0n) is 25.9. The van der Waals surface area contributed by atoms with Crippen molar-refractivity contribution in [1.29, 1.82) is 10.5 Å². The van der Waals surface area contributed by atoms with E-state index >= 15 is 0 Å². The van der Waals surface area contributed by atoms with Crippen molar-refractivity contribution in [1.82, 2.24) is 19.8 Å². The van der Waals surface area contributed by atoms with Crippen LogP contribution in [0.3, 0.4) is 0 Å². The van der Waals surface area contributed by atoms with Crippen molar-refractivity contribution in [2.45, 2.75) is 56.5 Å². The Kier molecular flexibility index (Phi) is 8.10. The number of rotatable bonds is 7. The van der Waals surface area contributed by atoms with Crippen LogP contribution in [0.25, 0.3) is 32.1 Å². The Hall–Kier alpha value is -4.56. The fourth-order valence-electron chi connectivity index (χ4n) is 7.48. The van der Waals surface area contributed by atoms with Crippen molar-refractivity contribution in [3.8, 4) is 35.2 Å². The van der Waals surface area contributed by atoms with E-state index in [1.165, 1.54) is 18.2 Å². The summed E-state index contributed by atoms with van der Waals surface area (Å²) >= 11 is 8.07. The van der Waals surface area contributed by atoms with Gasteiger partial charge in [0, 0.05) is 36.9 Å². The Bertz CT molecular complexity index is 2100. The van der Waals surface area contributed by atoms with Gasteiger partial charge in [-0.15, -0.1) is 11.3 Å². The number of amides is 1. The molecule has 0 radical (unpaired) electrons. The molecule has 2 aromatic heterocycles. The quantitative estimate of drug-likeness (QED) is 0.227. The summed E-state index contributed by atoms with van der Waals surface area (Å²) in [6.45, 7) is 7.20. The maximum Gasteiger partial charge on any atom is 0.320 e. The van der Waals surface area contributed by atoms with Crippen LogP contribution >= 0.6 is 22.9 Å². The van der Waals surface area contributed by atoms with E-state index in [-0.39, 0.29) is 72.8 Å². The highest BCUT2D eigenvalue weighted by Crippen LogP contribution is 2.47. The van der Waals surface area contributed by atoms with Crippen molar-refractivity contribution >= 4 is 54.8 Å². The number of aromatic nitrogens is 2. The average molecular weight is 690 g/mol. The number of ether oxygens (including phenoxy) is 2. The molecule has 48 heavy (non-hydrogen) atoms. The normalized spacial score (nSPS) is 23.7. The number of benzene rings is 2. The first-order chi connectivity index (χ1) is 23.1. The first-order valence-electron chi connectivity index (χ1n) is 15.6. The molecule has 5 heterocycles. The van der Waals surface area contributed by atoms with Gasteiger partial charge in [-0.05, 0) is 50.1 Å². The number of nitriles is 2. The van der Waals surface area contributed by atoms with Crippen LogP contribution in [0.5, 0.6) is 11.9 Å². The smallest absolute Gasteiger partial charge is 0.320 e. The number of nitrogen functional groups attached to an aromatic ring is 1. The predicted octanol–water partition coefficient (Wildman–Crippen LogP) is 6.14. The van der Waals surface area contributed by atoms with Crippen LogP contribution in [-0.4, -0.2) is 75.8 Å². The summed E-state index contributed by atoms with van der Waals surface area (Å²) in [5.74, 6) is -0.681. The van der Waals surface area contributed by atoms with Gasteiger partial charge in [-0.25, -0.2) is 8.78 Å². The van der Waals surface area contributed by atoms with Crippen LogP contribution in [0.15, 0.2) is 30.9 Å². The molecule has 0 aliphatic carbocycles. The lowest BCUT2D eigenvalue weighted by Gasteiger charge is -2.31. The summed E-state index contributed by atoms with van der Waals surface area (Å²) in [7, 11) is 0. The van der Waals surface area contributed by atoms with Crippen LogP contribution in [0, 0.1) is 28.5 Å². The van der Waals surface area contributed by atoms with Gasteiger partial charge >= 0.3 is 6.01 Å². The minimum Gasteiger partial charge on any atom is -0.471 e. The lowest BCUT2D eigenvalue weighted by molar-refractivity contribution is -0.127. The Morgan fingerprint density at radius 1 is 1.31 bits per heavy atom. The van der Waals surface area contributed by atoms with E-state index in [2.05, 4.69) is 33.6 Å². The highest BCUT2D eigenvalue weighted by atomic mass is 35.5.